The Kier molecular flexibility index (Phi) is 6.93. The van der Waals surface area contributed by atoms with Gasteiger partial charge in [-0.05, 0) is 31.5 Å². The van der Waals surface area contributed by atoms with Crippen LogP contribution in [0.3, 0.4) is 0 Å². The van der Waals surface area contributed by atoms with Crippen LogP contribution in [0.25, 0.3) is 0 Å². The van der Waals surface area contributed by atoms with E-state index in [9.17, 15) is 0 Å². The molecule has 0 aliphatic carbocycles. The van der Waals surface area contributed by atoms with E-state index in [4.69, 9.17) is 14.6 Å². The molecule has 0 saturated heterocycles. The summed E-state index contributed by atoms with van der Waals surface area (Å²) >= 11 is 0. The topological polar surface area (TPSA) is 38.7 Å². The van der Waals surface area contributed by atoms with Gasteiger partial charge in [-0.15, -0.1) is 0 Å². The van der Waals surface area contributed by atoms with Crippen LogP contribution >= 0.6 is 0 Å². The highest BCUT2D eigenvalue weighted by Crippen LogP contribution is 2.19. The Labute approximate surface area is 109 Å². The lowest BCUT2D eigenvalue weighted by Gasteiger charge is -2.09. The SMILES string of the molecule is CCOCCOc1ccc(C)cc1C#CCCO. The Morgan fingerprint density at radius 1 is 1.28 bits per heavy atom. The standard InChI is InChI=1S/C15H20O3/c1-3-17-10-11-18-15-8-7-13(2)12-14(15)6-4-5-9-16/h7-8,12,16H,3,5,9-11H2,1-2H3. The molecule has 0 heterocycles. The zero-order chi connectivity index (χ0) is 13.2. The van der Waals surface area contributed by atoms with Crippen LogP contribution < -0.4 is 4.74 Å². The van der Waals surface area contributed by atoms with Crippen LogP contribution in [0.15, 0.2) is 18.2 Å². The molecular weight excluding hydrogens is 228 g/mol. The normalized spacial score (nSPS) is 9.72. The summed E-state index contributed by atoms with van der Waals surface area (Å²) in [4.78, 5) is 0. The molecule has 98 valence electrons. The lowest BCUT2D eigenvalue weighted by molar-refractivity contribution is 0.110. The summed E-state index contributed by atoms with van der Waals surface area (Å²) < 4.78 is 10.9. The number of rotatable bonds is 6. The average Bonchev–Trinajstić information content (AvgIpc) is 2.37. The van der Waals surface area contributed by atoms with E-state index in [-0.39, 0.29) is 6.61 Å². The van der Waals surface area contributed by atoms with Crippen molar-refractivity contribution in [3.8, 4) is 17.6 Å². The summed E-state index contributed by atoms with van der Waals surface area (Å²) in [6.07, 6.45) is 0.478. The van der Waals surface area contributed by atoms with Crippen LogP contribution in [0.5, 0.6) is 5.75 Å². The second kappa shape index (κ2) is 8.57. The van der Waals surface area contributed by atoms with Gasteiger partial charge >= 0.3 is 0 Å². The van der Waals surface area contributed by atoms with Gasteiger partial charge in [0.1, 0.15) is 12.4 Å². The summed E-state index contributed by atoms with van der Waals surface area (Å²) in [5.74, 6) is 6.70. The third-order valence-electron chi connectivity index (χ3n) is 2.28. The Morgan fingerprint density at radius 3 is 2.83 bits per heavy atom. The molecule has 0 aliphatic heterocycles. The third kappa shape index (κ3) is 5.22. The van der Waals surface area contributed by atoms with Gasteiger partial charge < -0.3 is 14.6 Å². The van der Waals surface area contributed by atoms with Crippen molar-refractivity contribution < 1.29 is 14.6 Å². The molecule has 1 rings (SSSR count). The van der Waals surface area contributed by atoms with E-state index in [0.29, 0.717) is 26.2 Å². The minimum absolute atomic E-state index is 0.0827. The summed E-state index contributed by atoms with van der Waals surface area (Å²) in [6.45, 7) is 5.85. The molecule has 0 atom stereocenters. The maximum absolute atomic E-state index is 8.72. The van der Waals surface area contributed by atoms with Crippen LogP contribution in [0.2, 0.25) is 0 Å². The van der Waals surface area contributed by atoms with Crippen molar-refractivity contribution >= 4 is 0 Å². The van der Waals surface area contributed by atoms with Crippen molar-refractivity contribution in [2.24, 2.45) is 0 Å². The smallest absolute Gasteiger partial charge is 0.135 e. The summed E-state index contributed by atoms with van der Waals surface area (Å²) in [6, 6.07) is 5.90. The third-order valence-corrected chi connectivity index (χ3v) is 2.28. The van der Waals surface area contributed by atoms with E-state index in [1.165, 1.54) is 0 Å². The van der Waals surface area contributed by atoms with E-state index >= 15 is 0 Å². The van der Waals surface area contributed by atoms with Gasteiger partial charge in [0.15, 0.2) is 0 Å². The fourth-order valence-electron chi connectivity index (χ4n) is 1.44. The Balaban J connectivity index is 2.68. The van der Waals surface area contributed by atoms with Crippen LogP contribution in [-0.4, -0.2) is 31.5 Å². The predicted octanol–water partition coefficient (Wildman–Crippen LogP) is 2.14. The van der Waals surface area contributed by atoms with Gasteiger partial charge in [0.2, 0.25) is 0 Å². The number of hydrogen-bond donors (Lipinski definition) is 1. The van der Waals surface area contributed by atoms with Gasteiger partial charge in [0.25, 0.3) is 0 Å². The number of aryl methyl sites for hydroxylation is 1. The van der Waals surface area contributed by atoms with Gasteiger partial charge in [-0.3, -0.25) is 0 Å². The van der Waals surface area contributed by atoms with Crippen molar-refractivity contribution in [1.29, 1.82) is 0 Å². The molecule has 18 heavy (non-hydrogen) atoms. The van der Waals surface area contributed by atoms with Gasteiger partial charge in [0.05, 0.1) is 18.8 Å². The number of hydrogen-bond acceptors (Lipinski definition) is 3. The Morgan fingerprint density at radius 2 is 2.11 bits per heavy atom. The van der Waals surface area contributed by atoms with Gasteiger partial charge in [-0.25, -0.2) is 0 Å². The van der Waals surface area contributed by atoms with Crippen LogP contribution in [0.4, 0.5) is 0 Å². The first-order valence-corrected chi connectivity index (χ1v) is 6.19. The Bertz CT molecular complexity index is 415. The van der Waals surface area contributed by atoms with E-state index in [0.717, 1.165) is 16.9 Å². The first-order chi connectivity index (χ1) is 8.77. The molecule has 0 aromatic heterocycles. The average molecular weight is 248 g/mol. The second-order valence-corrected chi connectivity index (χ2v) is 3.82. The number of benzene rings is 1. The highest BCUT2D eigenvalue weighted by Gasteiger charge is 2.01. The van der Waals surface area contributed by atoms with Crippen molar-refractivity contribution in [2.45, 2.75) is 20.3 Å². The quantitative estimate of drug-likeness (QED) is 0.619. The zero-order valence-electron chi connectivity index (χ0n) is 11.0. The molecule has 0 saturated carbocycles. The monoisotopic (exact) mass is 248 g/mol. The van der Waals surface area contributed by atoms with Crippen LogP contribution in [0, 0.1) is 18.8 Å². The zero-order valence-corrected chi connectivity index (χ0v) is 11.0. The largest absolute Gasteiger partial charge is 0.490 e. The van der Waals surface area contributed by atoms with Crippen molar-refractivity contribution in [3.63, 3.8) is 0 Å². The molecule has 0 amide bonds. The molecule has 3 heteroatoms. The molecule has 1 aromatic rings. The van der Waals surface area contributed by atoms with E-state index in [1.54, 1.807) is 0 Å². The molecule has 0 bridgehead atoms. The van der Waals surface area contributed by atoms with Crippen molar-refractivity contribution in [2.75, 3.05) is 26.4 Å². The van der Waals surface area contributed by atoms with Crippen LogP contribution in [0.1, 0.15) is 24.5 Å². The fourth-order valence-corrected chi connectivity index (χ4v) is 1.44. The summed E-state index contributed by atoms with van der Waals surface area (Å²) in [7, 11) is 0. The first-order valence-electron chi connectivity index (χ1n) is 6.19. The molecular formula is C15H20O3. The summed E-state index contributed by atoms with van der Waals surface area (Å²) in [5.41, 5.74) is 2.00. The van der Waals surface area contributed by atoms with E-state index < -0.39 is 0 Å². The van der Waals surface area contributed by atoms with Crippen molar-refractivity contribution in [3.05, 3.63) is 29.3 Å². The van der Waals surface area contributed by atoms with E-state index in [1.807, 2.05) is 32.0 Å². The maximum atomic E-state index is 8.72. The van der Waals surface area contributed by atoms with E-state index in [2.05, 4.69) is 11.8 Å². The van der Waals surface area contributed by atoms with Gasteiger partial charge in [-0.1, -0.05) is 17.9 Å². The predicted molar refractivity (Wildman–Crippen MR) is 71.7 cm³/mol. The minimum atomic E-state index is 0.0827. The molecule has 0 aliphatic rings. The fraction of sp³-hybridized carbons (Fsp3) is 0.467. The molecule has 3 nitrogen and oxygen atoms in total. The number of aliphatic hydroxyl groups excluding tert-OH is 1. The molecule has 0 radical (unpaired) electrons. The number of aliphatic hydroxyl groups is 1. The van der Waals surface area contributed by atoms with Crippen LogP contribution in [-0.2, 0) is 4.74 Å². The lowest BCUT2D eigenvalue weighted by atomic mass is 10.1. The molecule has 1 N–H and O–H groups in total. The lowest BCUT2D eigenvalue weighted by Crippen LogP contribution is -2.07. The van der Waals surface area contributed by atoms with Crippen molar-refractivity contribution in [1.82, 2.24) is 0 Å². The Hall–Kier alpha value is -1.50. The first kappa shape index (κ1) is 14.6. The molecule has 1 aromatic carbocycles. The highest BCUT2D eigenvalue weighted by atomic mass is 16.5. The maximum Gasteiger partial charge on any atom is 0.135 e. The van der Waals surface area contributed by atoms with Gasteiger partial charge in [0, 0.05) is 13.0 Å². The minimum Gasteiger partial charge on any atom is -0.490 e. The van der Waals surface area contributed by atoms with Gasteiger partial charge in [-0.2, -0.15) is 0 Å². The summed E-state index contributed by atoms with van der Waals surface area (Å²) in [5, 5.41) is 8.72. The number of ether oxygens (including phenoxy) is 2. The second-order valence-electron chi connectivity index (χ2n) is 3.82. The molecule has 0 fully saturated rings. The highest BCUT2D eigenvalue weighted by molar-refractivity contribution is 5.48. The molecule has 0 unspecified atom stereocenters. The molecule has 0 spiro atoms.